The van der Waals surface area contributed by atoms with Gasteiger partial charge in [0.25, 0.3) is 0 Å². The van der Waals surface area contributed by atoms with Crippen molar-refractivity contribution in [3.8, 4) is 0 Å². The molecule has 0 spiro atoms. The quantitative estimate of drug-likeness (QED) is 0.522. The van der Waals surface area contributed by atoms with Crippen LogP contribution >= 0.6 is 11.8 Å². The van der Waals surface area contributed by atoms with Gasteiger partial charge in [-0.25, -0.2) is 0 Å². The molecule has 0 aromatic carbocycles. The van der Waals surface area contributed by atoms with Gasteiger partial charge in [-0.2, -0.15) is 0 Å². The smallest absolute Gasteiger partial charge is 0.166 e. The molecule has 0 rings (SSSR count). The largest absolute Gasteiger partial charge is 0.305 e. The van der Waals surface area contributed by atoms with Gasteiger partial charge in [-0.3, -0.25) is 4.79 Å². The van der Waals surface area contributed by atoms with Crippen molar-refractivity contribution in [1.29, 1.82) is 5.41 Å². The van der Waals surface area contributed by atoms with Crippen LogP contribution in [0.25, 0.3) is 0 Å². The zero-order valence-corrected chi connectivity index (χ0v) is 8.13. The number of carbonyl (C=O) groups is 1. The SMILES string of the molecule is CS/C(C(C)=O)=C(/C)C(C)=N. The van der Waals surface area contributed by atoms with Gasteiger partial charge in [-0.15, -0.1) is 11.8 Å². The molecule has 0 aliphatic heterocycles. The van der Waals surface area contributed by atoms with Crippen LogP contribution in [0.1, 0.15) is 20.8 Å². The molecule has 0 aliphatic rings. The molecule has 0 amide bonds. The molecule has 3 heteroatoms. The molecule has 0 radical (unpaired) electrons. The first-order chi connectivity index (χ1) is 5.00. The first-order valence-electron chi connectivity index (χ1n) is 3.32. The van der Waals surface area contributed by atoms with Gasteiger partial charge in [0.2, 0.25) is 0 Å². The summed E-state index contributed by atoms with van der Waals surface area (Å²) in [4.78, 5) is 11.6. The normalized spacial score (nSPS) is 12.4. The van der Waals surface area contributed by atoms with E-state index in [1.807, 2.05) is 6.26 Å². The van der Waals surface area contributed by atoms with Crippen LogP contribution < -0.4 is 0 Å². The second-order valence-corrected chi connectivity index (χ2v) is 3.16. The Morgan fingerprint density at radius 1 is 1.27 bits per heavy atom. The van der Waals surface area contributed by atoms with Gasteiger partial charge in [0.1, 0.15) is 0 Å². The molecular weight excluding hydrogens is 158 g/mol. The van der Waals surface area contributed by atoms with E-state index in [2.05, 4.69) is 0 Å². The summed E-state index contributed by atoms with van der Waals surface area (Å²) in [6.45, 7) is 5.02. The lowest BCUT2D eigenvalue weighted by Crippen LogP contribution is -2.01. The van der Waals surface area contributed by atoms with E-state index < -0.39 is 0 Å². The van der Waals surface area contributed by atoms with Gasteiger partial charge in [-0.05, 0) is 32.6 Å². The number of hydrogen-bond acceptors (Lipinski definition) is 3. The topological polar surface area (TPSA) is 40.9 Å². The zero-order valence-electron chi connectivity index (χ0n) is 7.32. The Balaban J connectivity index is 4.83. The fourth-order valence-corrected chi connectivity index (χ4v) is 1.48. The summed E-state index contributed by atoms with van der Waals surface area (Å²) in [5, 5.41) is 7.30. The molecule has 0 aromatic heterocycles. The van der Waals surface area contributed by atoms with E-state index in [0.717, 1.165) is 5.57 Å². The molecule has 62 valence electrons. The third-order valence-electron chi connectivity index (χ3n) is 1.43. The highest BCUT2D eigenvalue weighted by molar-refractivity contribution is 8.03. The number of carbonyl (C=O) groups excluding carboxylic acids is 1. The molecule has 0 fully saturated rings. The summed E-state index contributed by atoms with van der Waals surface area (Å²) in [5.74, 6) is 0.0431. The molecule has 0 saturated carbocycles. The molecule has 0 atom stereocenters. The zero-order chi connectivity index (χ0) is 9.02. The number of nitrogens with one attached hydrogen (secondary N) is 1. The molecule has 11 heavy (non-hydrogen) atoms. The lowest BCUT2D eigenvalue weighted by molar-refractivity contribution is -0.113. The Morgan fingerprint density at radius 3 is 1.82 bits per heavy atom. The van der Waals surface area contributed by atoms with E-state index in [-0.39, 0.29) is 5.78 Å². The van der Waals surface area contributed by atoms with Gasteiger partial charge >= 0.3 is 0 Å². The van der Waals surface area contributed by atoms with Crippen LogP contribution in [0.2, 0.25) is 0 Å². The van der Waals surface area contributed by atoms with E-state index >= 15 is 0 Å². The summed E-state index contributed by atoms with van der Waals surface area (Å²) in [6, 6.07) is 0. The average Bonchev–Trinajstić information content (AvgIpc) is 1.88. The molecule has 0 aliphatic carbocycles. The average molecular weight is 171 g/mol. The second kappa shape index (κ2) is 4.34. The Morgan fingerprint density at radius 2 is 1.73 bits per heavy atom. The van der Waals surface area contributed by atoms with Crippen molar-refractivity contribution in [1.82, 2.24) is 0 Å². The standard InChI is InChI=1S/C8H13NOS/c1-5(6(2)9)8(11-4)7(3)10/h9H,1-4H3/b8-5-,9-6?. The summed E-state index contributed by atoms with van der Waals surface area (Å²) in [5.41, 5.74) is 1.24. The van der Waals surface area contributed by atoms with E-state index in [1.165, 1.54) is 18.7 Å². The Hall–Kier alpha value is -0.570. The monoisotopic (exact) mass is 171 g/mol. The molecular formula is C8H13NOS. The summed E-state index contributed by atoms with van der Waals surface area (Å²) in [7, 11) is 0. The predicted molar refractivity (Wildman–Crippen MR) is 50.3 cm³/mol. The van der Waals surface area contributed by atoms with Crippen LogP contribution in [0.15, 0.2) is 10.5 Å². The van der Waals surface area contributed by atoms with Crippen LogP contribution in [0.4, 0.5) is 0 Å². The second-order valence-electron chi connectivity index (χ2n) is 2.34. The fraction of sp³-hybridized carbons (Fsp3) is 0.500. The van der Waals surface area contributed by atoms with E-state index in [0.29, 0.717) is 10.6 Å². The van der Waals surface area contributed by atoms with E-state index in [9.17, 15) is 4.79 Å². The third-order valence-corrected chi connectivity index (χ3v) is 2.43. The Labute approximate surface area is 71.6 Å². The lowest BCUT2D eigenvalue weighted by Gasteiger charge is -2.03. The first-order valence-corrected chi connectivity index (χ1v) is 4.54. The molecule has 0 unspecified atom stereocenters. The number of rotatable bonds is 3. The summed E-state index contributed by atoms with van der Waals surface area (Å²) in [6.07, 6.45) is 1.85. The minimum atomic E-state index is 0.0431. The van der Waals surface area contributed by atoms with Gasteiger partial charge in [0.15, 0.2) is 5.78 Å². The Kier molecular flexibility index (Phi) is 4.11. The number of thioether (sulfide) groups is 1. The van der Waals surface area contributed by atoms with E-state index in [1.54, 1.807) is 13.8 Å². The van der Waals surface area contributed by atoms with Gasteiger partial charge in [0.05, 0.1) is 4.91 Å². The van der Waals surface area contributed by atoms with Crippen molar-refractivity contribution in [3.63, 3.8) is 0 Å². The highest BCUT2D eigenvalue weighted by Crippen LogP contribution is 2.18. The van der Waals surface area contributed by atoms with Crippen LogP contribution in [0, 0.1) is 5.41 Å². The molecule has 0 heterocycles. The fourth-order valence-electron chi connectivity index (χ4n) is 0.731. The Bertz CT molecular complexity index is 218. The number of ketones is 1. The molecule has 1 N–H and O–H groups in total. The minimum absolute atomic E-state index is 0.0431. The maximum atomic E-state index is 10.9. The third kappa shape index (κ3) is 2.89. The molecule has 0 aromatic rings. The highest BCUT2D eigenvalue weighted by Gasteiger charge is 2.07. The van der Waals surface area contributed by atoms with E-state index in [4.69, 9.17) is 5.41 Å². The minimum Gasteiger partial charge on any atom is -0.305 e. The van der Waals surface area contributed by atoms with Crippen molar-refractivity contribution in [2.24, 2.45) is 0 Å². The highest BCUT2D eigenvalue weighted by atomic mass is 32.2. The number of allylic oxidation sites excluding steroid dienone is 2. The van der Waals surface area contributed by atoms with Crippen molar-refractivity contribution < 1.29 is 4.79 Å². The van der Waals surface area contributed by atoms with Crippen LogP contribution in [-0.4, -0.2) is 17.8 Å². The maximum Gasteiger partial charge on any atom is 0.166 e. The van der Waals surface area contributed by atoms with Crippen molar-refractivity contribution in [2.75, 3.05) is 6.26 Å². The maximum absolute atomic E-state index is 10.9. The predicted octanol–water partition coefficient (Wildman–Crippen LogP) is 2.25. The van der Waals surface area contributed by atoms with Gasteiger partial charge < -0.3 is 5.41 Å². The van der Waals surface area contributed by atoms with Gasteiger partial charge in [-0.1, -0.05) is 0 Å². The van der Waals surface area contributed by atoms with Crippen LogP contribution in [0.5, 0.6) is 0 Å². The van der Waals surface area contributed by atoms with Crippen molar-refractivity contribution in [2.45, 2.75) is 20.8 Å². The van der Waals surface area contributed by atoms with Crippen LogP contribution in [-0.2, 0) is 4.79 Å². The number of Topliss-reactive ketones (excluding diaryl/α,β-unsaturated/α-hetero) is 1. The lowest BCUT2D eigenvalue weighted by atomic mass is 10.1. The molecule has 0 saturated heterocycles. The van der Waals surface area contributed by atoms with Gasteiger partial charge in [0, 0.05) is 5.71 Å². The summed E-state index contributed by atoms with van der Waals surface area (Å²) >= 11 is 1.40. The molecule has 0 bridgehead atoms. The van der Waals surface area contributed by atoms with Crippen LogP contribution in [0.3, 0.4) is 0 Å². The summed E-state index contributed by atoms with van der Waals surface area (Å²) < 4.78 is 0. The first kappa shape index (κ1) is 10.4. The number of hydrogen-bond donors (Lipinski definition) is 1. The van der Waals surface area contributed by atoms with Crippen molar-refractivity contribution >= 4 is 23.3 Å². The molecule has 2 nitrogen and oxygen atoms in total. The van der Waals surface area contributed by atoms with Crippen molar-refractivity contribution in [3.05, 3.63) is 10.5 Å².